The first-order valence-electron chi connectivity index (χ1n) is 9.78. The zero-order valence-electron chi connectivity index (χ0n) is 17.3. The fourth-order valence-electron chi connectivity index (χ4n) is 2.61. The summed E-state index contributed by atoms with van der Waals surface area (Å²) in [7, 11) is 1.66. The molecular weight excluding hydrogens is 368 g/mol. The molecule has 0 aliphatic rings. The van der Waals surface area contributed by atoms with Crippen molar-refractivity contribution in [2.45, 2.75) is 26.9 Å². The molecule has 7 heteroatoms. The van der Waals surface area contributed by atoms with E-state index in [4.69, 9.17) is 9.47 Å². The summed E-state index contributed by atoms with van der Waals surface area (Å²) in [6, 6.07) is 15.5. The predicted molar refractivity (Wildman–Crippen MR) is 115 cm³/mol. The molecule has 0 radical (unpaired) electrons. The minimum Gasteiger partial charge on any atom is -0.497 e. The molecule has 0 aliphatic carbocycles. The standard InChI is InChI=1S/C22H30N4O3/c1-4-23-21(27)16-29-20-11-7-9-18(13-20)15-26-22(24-5-2)25-14-17-8-6-10-19(12-17)28-3/h6-13H,4-5,14-16H2,1-3H3,(H,23,27)(H2,24,25,26). The highest BCUT2D eigenvalue weighted by Gasteiger charge is 2.03. The second-order valence-electron chi connectivity index (χ2n) is 6.29. The van der Waals surface area contributed by atoms with Crippen molar-refractivity contribution in [3.63, 3.8) is 0 Å². The molecule has 0 aliphatic heterocycles. The van der Waals surface area contributed by atoms with Gasteiger partial charge in [-0.3, -0.25) is 4.79 Å². The maximum absolute atomic E-state index is 11.5. The van der Waals surface area contributed by atoms with Crippen molar-refractivity contribution in [2.24, 2.45) is 4.99 Å². The van der Waals surface area contributed by atoms with Crippen LogP contribution in [-0.4, -0.2) is 38.7 Å². The quantitative estimate of drug-likeness (QED) is 0.423. The molecular formula is C22H30N4O3. The molecule has 156 valence electrons. The molecule has 2 aromatic carbocycles. The van der Waals surface area contributed by atoms with Crippen LogP contribution in [0.1, 0.15) is 25.0 Å². The van der Waals surface area contributed by atoms with E-state index in [1.54, 1.807) is 7.11 Å². The number of aliphatic imine (C=N–C) groups is 1. The Bertz CT molecular complexity index is 808. The van der Waals surface area contributed by atoms with Crippen molar-refractivity contribution in [1.82, 2.24) is 16.0 Å². The third kappa shape index (κ3) is 8.13. The molecule has 29 heavy (non-hydrogen) atoms. The lowest BCUT2D eigenvalue weighted by Crippen LogP contribution is -2.36. The van der Waals surface area contributed by atoms with Crippen molar-refractivity contribution in [3.05, 3.63) is 59.7 Å². The molecule has 2 rings (SSSR count). The van der Waals surface area contributed by atoms with Crippen molar-refractivity contribution in [3.8, 4) is 11.5 Å². The van der Waals surface area contributed by atoms with Gasteiger partial charge in [-0.2, -0.15) is 0 Å². The lowest BCUT2D eigenvalue weighted by Gasteiger charge is -2.12. The van der Waals surface area contributed by atoms with Gasteiger partial charge in [0.1, 0.15) is 11.5 Å². The highest BCUT2D eigenvalue weighted by atomic mass is 16.5. The maximum atomic E-state index is 11.5. The van der Waals surface area contributed by atoms with E-state index in [0.717, 1.165) is 29.4 Å². The van der Waals surface area contributed by atoms with Crippen LogP contribution in [0.15, 0.2) is 53.5 Å². The molecule has 0 aromatic heterocycles. The Balaban J connectivity index is 1.94. The number of carbonyl (C=O) groups excluding carboxylic acids is 1. The first-order valence-corrected chi connectivity index (χ1v) is 9.78. The average Bonchev–Trinajstić information content (AvgIpc) is 2.75. The Morgan fingerprint density at radius 3 is 2.34 bits per heavy atom. The van der Waals surface area contributed by atoms with Crippen LogP contribution in [0, 0.1) is 0 Å². The smallest absolute Gasteiger partial charge is 0.257 e. The molecule has 0 fully saturated rings. The summed E-state index contributed by atoms with van der Waals surface area (Å²) in [6.45, 7) is 6.39. The fraction of sp³-hybridized carbons (Fsp3) is 0.364. The van der Waals surface area contributed by atoms with Gasteiger partial charge in [-0.1, -0.05) is 24.3 Å². The van der Waals surface area contributed by atoms with Crippen LogP contribution < -0.4 is 25.4 Å². The minimum absolute atomic E-state index is 0.00525. The van der Waals surface area contributed by atoms with E-state index in [1.807, 2.05) is 62.4 Å². The topological polar surface area (TPSA) is 84.0 Å². The summed E-state index contributed by atoms with van der Waals surface area (Å²) in [5, 5.41) is 9.28. The van der Waals surface area contributed by atoms with Gasteiger partial charge in [0.05, 0.1) is 13.7 Å². The summed E-state index contributed by atoms with van der Waals surface area (Å²) in [6.07, 6.45) is 0. The normalized spacial score (nSPS) is 10.9. The van der Waals surface area contributed by atoms with Crippen LogP contribution in [0.2, 0.25) is 0 Å². The zero-order chi connectivity index (χ0) is 20.9. The van der Waals surface area contributed by atoms with Crippen molar-refractivity contribution >= 4 is 11.9 Å². The summed E-state index contributed by atoms with van der Waals surface area (Å²) >= 11 is 0. The van der Waals surface area contributed by atoms with E-state index >= 15 is 0 Å². The van der Waals surface area contributed by atoms with E-state index < -0.39 is 0 Å². The van der Waals surface area contributed by atoms with Crippen LogP contribution in [0.5, 0.6) is 11.5 Å². The van der Waals surface area contributed by atoms with Crippen LogP contribution in [0.25, 0.3) is 0 Å². The zero-order valence-corrected chi connectivity index (χ0v) is 17.3. The minimum atomic E-state index is -0.132. The first kappa shape index (κ1) is 22.1. The van der Waals surface area contributed by atoms with Crippen molar-refractivity contribution in [1.29, 1.82) is 0 Å². The highest BCUT2D eigenvalue weighted by Crippen LogP contribution is 2.14. The van der Waals surface area contributed by atoms with Gasteiger partial charge < -0.3 is 25.4 Å². The van der Waals surface area contributed by atoms with Gasteiger partial charge in [0.25, 0.3) is 5.91 Å². The number of amides is 1. The molecule has 0 bridgehead atoms. The Kier molecular flexibility index (Phi) is 9.35. The van der Waals surface area contributed by atoms with E-state index in [0.29, 0.717) is 25.4 Å². The number of ether oxygens (including phenoxy) is 2. The molecule has 0 saturated carbocycles. The van der Waals surface area contributed by atoms with Crippen LogP contribution >= 0.6 is 0 Å². The number of nitrogens with one attached hydrogen (secondary N) is 3. The monoisotopic (exact) mass is 398 g/mol. The van der Waals surface area contributed by atoms with Gasteiger partial charge in [-0.25, -0.2) is 4.99 Å². The largest absolute Gasteiger partial charge is 0.497 e. The lowest BCUT2D eigenvalue weighted by atomic mass is 10.2. The number of hydrogen-bond donors (Lipinski definition) is 3. The Hall–Kier alpha value is -3.22. The summed E-state index contributed by atoms with van der Waals surface area (Å²) in [5.74, 6) is 2.07. The predicted octanol–water partition coefficient (Wildman–Crippen LogP) is 2.47. The lowest BCUT2D eigenvalue weighted by molar-refractivity contribution is -0.122. The number of rotatable bonds is 10. The third-order valence-electron chi connectivity index (χ3n) is 4.00. The molecule has 0 atom stereocenters. The van der Waals surface area contributed by atoms with Gasteiger partial charge in [-0.05, 0) is 49.2 Å². The number of carbonyl (C=O) groups is 1. The highest BCUT2D eigenvalue weighted by molar-refractivity contribution is 5.79. The number of likely N-dealkylation sites (N-methyl/N-ethyl adjacent to an activating group) is 1. The number of benzene rings is 2. The van der Waals surface area contributed by atoms with Gasteiger partial charge in [0, 0.05) is 19.6 Å². The van der Waals surface area contributed by atoms with Crippen molar-refractivity contribution in [2.75, 3.05) is 26.8 Å². The molecule has 0 saturated heterocycles. The van der Waals surface area contributed by atoms with E-state index in [2.05, 4.69) is 20.9 Å². The van der Waals surface area contributed by atoms with E-state index in [1.165, 1.54) is 0 Å². The van der Waals surface area contributed by atoms with E-state index in [9.17, 15) is 4.79 Å². The first-order chi connectivity index (χ1) is 14.1. The van der Waals surface area contributed by atoms with Crippen LogP contribution in [-0.2, 0) is 17.9 Å². The molecule has 1 amide bonds. The van der Waals surface area contributed by atoms with Crippen LogP contribution in [0.3, 0.4) is 0 Å². The second-order valence-corrected chi connectivity index (χ2v) is 6.29. The van der Waals surface area contributed by atoms with Crippen molar-refractivity contribution < 1.29 is 14.3 Å². The SMILES string of the molecule is CCNC(=O)COc1cccc(CN=C(NCC)NCc2cccc(OC)c2)c1. The molecule has 3 N–H and O–H groups in total. The molecule has 0 spiro atoms. The summed E-state index contributed by atoms with van der Waals surface area (Å²) < 4.78 is 10.8. The Morgan fingerprint density at radius 2 is 1.62 bits per heavy atom. The molecule has 0 heterocycles. The molecule has 2 aromatic rings. The van der Waals surface area contributed by atoms with Gasteiger partial charge >= 0.3 is 0 Å². The van der Waals surface area contributed by atoms with E-state index in [-0.39, 0.29) is 12.5 Å². The number of guanidine groups is 1. The number of nitrogens with zero attached hydrogens (tertiary/aromatic N) is 1. The fourth-order valence-corrected chi connectivity index (χ4v) is 2.61. The summed E-state index contributed by atoms with van der Waals surface area (Å²) in [5.41, 5.74) is 2.10. The summed E-state index contributed by atoms with van der Waals surface area (Å²) in [4.78, 5) is 16.2. The molecule has 0 unspecified atom stereocenters. The molecule has 7 nitrogen and oxygen atoms in total. The third-order valence-corrected chi connectivity index (χ3v) is 4.00. The average molecular weight is 399 g/mol. The number of hydrogen-bond acceptors (Lipinski definition) is 4. The van der Waals surface area contributed by atoms with Gasteiger partial charge in [0.15, 0.2) is 12.6 Å². The Morgan fingerprint density at radius 1 is 0.931 bits per heavy atom. The van der Waals surface area contributed by atoms with Crippen LogP contribution in [0.4, 0.5) is 0 Å². The van der Waals surface area contributed by atoms with Gasteiger partial charge in [0.2, 0.25) is 0 Å². The number of methoxy groups -OCH3 is 1. The Labute approximate surface area is 172 Å². The van der Waals surface area contributed by atoms with Gasteiger partial charge in [-0.15, -0.1) is 0 Å². The second kappa shape index (κ2) is 12.3. The maximum Gasteiger partial charge on any atom is 0.257 e.